The quantitative estimate of drug-likeness (QED) is 0.760. The predicted octanol–water partition coefficient (Wildman–Crippen LogP) is 2.30. The zero-order chi connectivity index (χ0) is 12.4. The number of carbonyl (C=O) groups excluding carboxylic acids is 1. The van der Waals surface area contributed by atoms with Crippen LogP contribution in [0.4, 0.5) is 0 Å². The summed E-state index contributed by atoms with van der Waals surface area (Å²) in [6.45, 7) is 1.51. The van der Waals surface area contributed by atoms with Crippen molar-refractivity contribution in [1.82, 2.24) is 9.78 Å². The molecule has 0 saturated heterocycles. The highest BCUT2D eigenvalue weighted by Gasteiger charge is 2.10. The van der Waals surface area contributed by atoms with Crippen LogP contribution in [0.15, 0.2) is 30.3 Å². The lowest BCUT2D eigenvalue weighted by atomic mass is 10.1. The van der Waals surface area contributed by atoms with Crippen molar-refractivity contribution in [1.29, 1.82) is 0 Å². The minimum atomic E-state index is -0.0274. The van der Waals surface area contributed by atoms with E-state index >= 15 is 0 Å². The Morgan fingerprint density at radius 1 is 1.29 bits per heavy atom. The van der Waals surface area contributed by atoms with Crippen LogP contribution in [0.3, 0.4) is 0 Å². The van der Waals surface area contributed by atoms with Gasteiger partial charge < -0.3 is 4.74 Å². The first-order valence-corrected chi connectivity index (χ1v) is 5.31. The summed E-state index contributed by atoms with van der Waals surface area (Å²) in [4.78, 5) is 11.2. The fourth-order valence-corrected chi connectivity index (χ4v) is 1.67. The molecule has 1 aromatic heterocycles. The number of benzene rings is 1. The molecule has 0 aliphatic heterocycles. The Labute approximate surface area is 99.8 Å². The molecule has 88 valence electrons. The third-order valence-corrected chi connectivity index (χ3v) is 2.63. The number of ketones is 1. The molecule has 0 fully saturated rings. The van der Waals surface area contributed by atoms with Crippen molar-refractivity contribution >= 4 is 5.78 Å². The summed E-state index contributed by atoms with van der Waals surface area (Å²) in [5, 5.41) is 4.16. The molecular formula is C13H14N2O2. The van der Waals surface area contributed by atoms with Gasteiger partial charge in [-0.25, -0.2) is 0 Å². The lowest BCUT2D eigenvalue weighted by molar-refractivity contribution is 0.101. The largest absolute Gasteiger partial charge is 0.497 e. The number of Topliss-reactive ketones (excluding diaryl/α,β-unsaturated/α-hetero) is 1. The number of carbonyl (C=O) groups is 1. The summed E-state index contributed by atoms with van der Waals surface area (Å²) < 4.78 is 6.81. The van der Waals surface area contributed by atoms with Crippen LogP contribution >= 0.6 is 0 Å². The van der Waals surface area contributed by atoms with Crippen molar-refractivity contribution in [3.05, 3.63) is 36.0 Å². The van der Waals surface area contributed by atoms with E-state index in [0.29, 0.717) is 5.69 Å². The van der Waals surface area contributed by atoms with Gasteiger partial charge in [0, 0.05) is 19.5 Å². The summed E-state index contributed by atoms with van der Waals surface area (Å²) in [6.07, 6.45) is 0. The molecule has 1 aromatic carbocycles. The molecule has 4 heteroatoms. The summed E-state index contributed by atoms with van der Waals surface area (Å²) in [5.74, 6) is 0.781. The van der Waals surface area contributed by atoms with Gasteiger partial charge in [0.1, 0.15) is 11.4 Å². The highest BCUT2D eigenvalue weighted by Crippen LogP contribution is 2.22. The van der Waals surface area contributed by atoms with Crippen LogP contribution < -0.4 is 4.74 Å². The number of methoxy groups -OCH3 is 1. The van der Waals surface area contributed by atoms with E-state index in [1.165, 1.54) is 6.92 Å². The second-order valence-corrected chi connectivity index (χ2v) is 3.82. The van der Waals surface area contributed by atoms with Crippen molar-refractivity contribution in [3.63, 3.8) is 0 Å². The van der Waals surface area contributed by atoms with E-state index in [2.05, 4.69) is 5.10 Å². The SMILES string of the molecule is COc1ccc(-c2cc(C(C)=O)nn2C)cc1. The van der Waals surface area contributed by atoms with Gasteiger partial charge in [-0.15, -0.1) is 0 Å². The van der Waals surface area contributed by atoms with Gasteiger partial charge in [0.05, 0.1) is 12.8 Å². The monoisotopic (exact) mass is 230 g/mol. The minimum Gasteiger partial charge on any atom is -0.497 e. The Morgan fingerprint density at radius 3 is 2.41 bits per heavy atom. The van der Waals surface area contributed by atoms with Crippen LogP contribution in [0.5, 0.6) is 5.75 Å². The zero-order valence-electron chi connectivity index (χ0n) is 10.1. The number of aromatic nitrogens is 2. The molecule has 0 N–H and O–H groups in total. The molecule has 0 spiro atoms. The topological polar surface area (TPSA) is 44.1 Å². The smallest absolute Gasteiger partial charge is 0.180 e. The summed E-state index contributed by atoms with van der Waals surface area (Å²) in [6, 6.07) is 9.45. The van der Waals surface area contributed by atoms with E-state index in [0.717, 1.165) is 17.0 Å². The van der Waals surface area contributed by atoms with Crippen LogP contribution in [0.25, 0.3) is 11.3 Å². The highest BCUT2D eigenvalue weighted by molar-refractivity contribution is 5.93. The van der Waals surface area contributed by atoms with E-state index < -0.39 is 0 Å². The van der Waals surface area contributed by atoms with Gasteiger partial charge in [-0.3, -0.25) is 9.48 Å². The number of rotatable bonds is 3. The van der Waals surface area contributed by atoms with E-state index in [1.807, 2.05) is 31.3 Å². The maximum atomic E-state index is 11.2. The molecule has 0 atom stereocenters. The third-order valence-electron chi connectivity index (χ3n) is 2.63. The number of hydrogen-bond acceptors (Lipinski definition) is 3. The molecule has 0 bridgehead atoms. The molecule has 1 heterocycles. The number of nitrogens with zero attached hydrogens (tertiary/aromatic N) is 2. The van der Waals surface area contributed by atoms with Gasteiger partial charge in [-0.2, -0.15) is 5.10 Å². The molecule has 2 aromatic rings. The molecule has 0 aliphatic carbocycles. The molecule has 0 saturated carbocycles. The number of hydrogen-bond donors (Lipinski definition) is 0. The van der Waals surface area contributed by atoms with Crippen molar-refractivity contribution in [3.8, 4) is 17.0 Å². The fourth-order valence-electron chi connectivity index (χ4n) is 1.67. The van der Waals surface area contributed by atoms with Crippen LogP contribution in [0.1, 0.15) is 17.4 Å². The van der Waals surface area contributed by atoms with E-state index in [4.69, 9.17) is 4.74 Å². The number of aryl methyl sites for hydroxylation is 1. The molecule has 0 aliphatic rings. The van der Waals surface area contributed by atoms with Crippen LogP contribution in [0.2, 0.25) is 0 Å². The van der Waals surface area contributed by atoms with E-state index in [-0.39, 0.29) is 5.78 Å². The van der Waals surface area contributed by atoms with Gasteiger partial charge in [-0.05, 0) is 30.3 Å². The normalized spacial score (nSPS) is 10.3. The first kappa shape index (κ1) is 11.4. The standard InChI is InChI=1S/C13H14N2O2/c1-9(16)12-8-13(15(2)14-12)10-4-6-11(17-3)7-5-10/h4-8H,1-3H3. The first-order chi connectivity index (χ1) is 8.11. The van der Waals surface area contributed by atoms with E-state index in [9.17, 15) is 4.79 Å². The lowest BCUT2D eigenvalue weighted by Gasteiger charge is -2.03. The summed E-state index contributed by atoms with van der Waals surface area (Å²) >= 11 is 0. The zero-order valence-corrected chi connectivity index (χ0v) is 10.1. The van der Waals surface area contributed by atoms with Crippen molar-refractivity contribution in [2.45, 2.75) is 6.92 Å². The molecule has 0 radical (unpaired) electrons. The van der Waals surface area contributed by atoms with Crippen molar-refractivity contribution < 1.29 is 9.53 Å². The molecule has 17 heavy (non-hydrogen) atoms. The Morgan fingerprint density at radius 2 is 1.94 bits per heavy atom. The lowest BCUT2D eigenvalue weighted by Crippen LogP contribution is -1.97. The third kappa shape index (κ3) is 2.20. The van der Waals surface area contributed by atoms with Crippen LogP contribution in [-0.4, -0.2) is 22.7 Å². The van der Waals surface area contributed by atoms with Crippen molar-refractivity contribution in [2.75, 3.05) is 7.11 Å². The minimum absolute atomic E-state index is 0.0274. The number of ether oxygens (including phenoxy) is 1. The van der Waals surface area contributed by atoms with Gasteiger partial charge in [0.2, 0.25) is 0 Å². The average molecular weight is 230 g/mol. The van der Waals surface area contributed by atoms with Gasteiger partial charge in [-0.1, -0.05) is 0 Å². The molecular weight excluding hydrogens is 216 g/mol. The van der Waals surface area contributed by atoms with Gasteiger partial charge >= 0.3 is 0 Å². The Hall–Kier alpha value is -2.10. The second kappa shape index (κ2) is 4.41. The Balaban J connectivity index is 2.41. The van der Waals surface area contributed by atoms with Gasteiger partial charge in [0.15, 0.2) is 5.78 Å². The van der Waals surface area contributed by atoms with E-state index in [1.54, 1.807) is 17.9 Å². The molecule has 0 amide bonds. The highest BCUT2D eigenvalue weighted by atomic mass is 16.5. The second-order valence-electron chi connectivity index (χ2n) is 3.82. The maximum Gasteiger partial charge on any atom is 0.180 e. The molecule has 4 nitrogen and oxygen atoms in total. The predicted molar refractivity (Wildman–Crippen MR) is 65.2 cm³/mol. The fraction of sp³-hybridized carbons (Fsp3) is 0.231. The first-order valence-electron chi connectivity index (χ1n) is 5.31. The molecule has 0 unspecified atom stereocenters. The summed E-state index contributed by atoms with van der Waals surface area (Å²) in [7, 11) is 3.46. The van der Waals surface area contributed by atoms with Crippen LogP contribution in [0, 0.1) is 0 Å². The Bertz CT molecular complexity index is 541. The maximum absolute atomic E-state index is 11.2. The average Bonchev–Trinajstić information content (AvgIpc) is 2.72. The Kier molecular flexibility index (Phi) is 2.95. The van der Waals surface area contributed by atoms with Crippen LogP contribution in [-0.2, 0) is 7.05 Å². The van der Waals surface area contributed by atoms with Crippen molar-refractivity contribution in [2.24, 2.45) is 7.05 Å². The van der Waals surface area contributed by atoms with Gasteiger partial charge in [0.25, 0.3) is 0 Å². The summed E-state index contributed by atoms with van der Waals surface area (Å²) in [5.41, 5.74) is 2.41. The molecule has 2 rings (SSSR count).